The van der Waals surface area contributed by atoms with Crippen molar-refractivity contribution in [1.29, 1.82) is 0 Å². The van der Waals surface area contributed by atoms with E-state index in [4.69, 9.17) is 0 Å². The van der Waals surface area contributed by atoms with Crippen LogP contribution in [0.25, 0.3) is 0 Å². The van der Waals surface area contributed by atoms with Gasteiger partial charge in [0.1, 0.15) is 0 Å². The zero-order valence-electron chi connectivity index (χ0n) is 12.0. The molecule has 0 saturated carbocycles. The summed E-state index contributed by atoms with van der Waals surface area (Å²) in [6.45, 7) is 8.96. The fraction of sp³-hybridized carbons (Fsp3) is 0.600. The lowest BCUT2D eigenvalue weighted by atomic mass is 9.91. The van der Waals surface area contributed by atoms with E-state index in [9.17, 15) is 4.79 Å². The maximum absolute atomic E-state index is 12.6. The van der Waals surface area contributed by atoms with E-state index in [0.717, 1.165) is 30.9 Å². The molecule has 19 heavy (non-hydrogen) atoms. The van der Waals surface area contributed by atoms with Gasteiger partial charge in [-0.3, -0.25) is 9.78 Å². The number of aromatic nitrogens is 1. The van der Waals surface area contributed by atoms with Crippen LogP contribution in [0, 0.1) is 11.8 Å². The summed E-state index contributed by atoms with van der Waals surface area (Å²) in [5.41, 5.74) is 1.57. The molecule has 1 aliphatic rings. The van der Waals surface area contributed by atoms with Gasteiger partial charge in [0.15, 0.2) is 0 Å². The molecule has 0 bridgehead atoms. The number of carbonyl (C=O) groups excluding carboxylic acids is 1. The van der Waals surface area contributed by atoms with Gasteiger partial charge in [-0.05, 0) is 31.2 Å². The number of rotatable bonds is 3. The molecule has 1 aromatic rings. The largest absolute Gasteiger partial charge is 0.383 e. The minimum atomic E-state index is 0.122. The van der Waals surface area contributed by atoms with Crippen LogP contribution >= 0.6 is 0 Å². The first-order valence-corrected chi connectivity index (χ1v) is 7.09. The highest BCUT2D eigenvalue weighted by Gasteiger charge is 2.27. The average Bonchev–Trinajstić information content (AvgIpc) is 2.38. The van der Waals surface area contributed by atoms with Crippen molar-refractivity contribution in [2.24, 2.45) is 11.8 Å². The quantitative estimate of drug-likeness (QED) is 0.909. The molecule has 0 aromatic carbocycles. The highest BCUT2D eigenvalue weighted by atomic mass is 16.2. The minimum absolute atomic E-state index is 0.122. The van der Waals surface area contributed by atoms with E-state index in [1.54, 1.807) is 12.4 Å². The Kier molecular flexibility index (Phi) is 4.40. The molecule has 2 unspecified atom stereocenters. The number of likely N-dealkylation sites (tertiary alicyclic amines) is 1. The summed E-state index contributed by atoms with van der Waals surface area (Å²) in [5.74, 6) is 1.28. The van der Waals surface area contributed by atoms with Crippen LogP contribution in [0.3, 0.4) is 0 Å². The molecule has 1 N–H and O–H groups in total. The smallest absolute Gasteiger partial charge is 0.256 e. The summed E-state index contributed by atoms with van der Waals surface area (Å²) in [6, 6.07) is 1.81. The Labute approximate surface area is 115 Å². The first kappa shape index (κ1) is 13.8. The number of nitrogens with one attached hydrogen (secondary N) is 1. The molecule has 4 heteroatoms. The number of hydrogen-bond acceptors (Lipinski definition) is 3. The van der Waals surface area contributed by atoms with Crippen LogP contribution in [0.5, 0.6) is 0 Å². The van der Waals surface area contributed by atoms with Gasteiger partial charge in [0, 0.05) is 25.8 Å². The number of carbonyl (C=O) groups is 1. The Morgan fingerprint density at radius 2 is 2.11 bits per heavy atom. The van der Waals surface area contributed by atoms with Crippen molar-refractivity contribution >= 4 is 11.6 Å². The normalized spacial score (nSPS) is 23.2. The fourth-order valence-corrected chi connectivity index (χ4v) is 2.91. The lowest BCUT2D eigenvalue weighted by molar-refractivity contribution is 0.0624. The summed E-state index contributed by atoms with van der Waals surface area (Å²) < 4.78 is 0. The van der Waals surface area contributed by atoms with E-state index in [1.165, 1.54) is 6.42 Å². The Balaban J connectivity index is 2.19. The number of anilines is 1. The molecule has 2 atom stereocenters. The van der Waals surface area contributed by atoms with E-state index in [-0.39, 0.29) is 5.91 Å². The highest BCUT2D eigenvalue weighted by Crippen LogP contribution is 2.24. The summed E-state index contributed by atoms with van der Waals surface area (Å²) in [7, 11) is 0. The minimum Gasteiger partial charge on any atom is -0.383 e. The third kappa shape index (κ3) is 3.25. The first-order chi connectivity index (χ1) is 9.11. The van der Waals surface area contributed by atoms with Gasteiger partial charge < -0.3 is 10.2 Å². The van der Waals surface area contributed by atoms with Crippen LogP contribution in [0.1, 0.15) is 37.6 Å². The SMILES string of the molecule is CCNc1cnccc1C(=O)N1CC(C)CC(C)C1. The average molecular weight is 261 g/mol. The van der Waals surface area contributed by atoms with Crippen LogP contribution in [0.4, 0.5) is 5.69 Å². The molecule has 4 nitrogen and oxygen atoms in total. The van der Waals surface area contributed by atoms with Gasteiger partial charge in [0.05, 0.1) is 17.4 Å². The van der Waals surface area contributed by atoms with Crippen molar-refractivity contribution in [3.05, 3.63) is 24.0 Å². The summed E-state index contributed by atoms with van der Waals surface area (Å²) >= 11 is 0. The molecular weight excluding hydrogens is 238 g/mol. The highest BCUT2D eigenvalue weighted by molar-refractivity contribution is 5.99. The number of hydrogen-bond donors (Lipinski definition) is 1. The lowest BCUT2D eigenvalue weighted by Gasteiger charge is -2.35. The Morgan fingerprint density at radius 1 is 1.42 bits per heavy atom. The molecule has 0 spiro atoms. The standard InChI is InChI=1S/C15H23N3O/c1-4-17-14-8-16-6-5-13(14)15(19)18-9-11(2)7-12(3)10-18/h5-6,8,11-12,17H,4,7,9-10H2,1-3H3. The molecule has 0 radical (unpaired) electrons. The van der Waals surface area contributed by atoms with Gasteiger partial charge >= 0.3 is 0 Å². The molecule has 2 rings (SSSR count). The van der Waals surface area contributed by atoms with Gasteiger partial charge in [0.25, 0.3) is 5.91 Å². The third-order valence-corrected chi connectivity index (χ3v) is 3.57. The second-order valence-electron chi connectivity index (χ2n) is 5.61. The summed E-state index contributed by atoms with van der Waals surface area (Å²) in [6.07, 6.45) is 4.62. The van der Waals surface area contributed by atoms with Gasteiger partial charge in [-0.2, -0.15) is 0 Å². The van der Waals surface area contributed by atoms with E-state index in [1.807, 2.05) is 17.9 Å². The van der Waals surface area contributed by atoms with Crippen molar-refractivity contribution in [3.63, 3.8) is 0 Å². The Morgan fingerprint density at radius 3 is 2.74 bits per heavy atom. The van der Waals surface area contributed by atoms with Crippen LogP contribution < -0.4 is 5.32 Å². The van der Waals surface area contributed by atoms with Gasteiger partial charge in [-0.1, -0.05) is 13.8 Å². The summed E-state index contributed by atoms with van der Waals surface area (Å²) in [5, 5.41) is 3.21. The maximum atomic E-state index is 12.6. The fourth-order valence-electron chi connectivity index (χ4n) is 2.91. The van der Waals surface area contributed by atoms with Crippen molar-refractivity contribution in [2.75, 3.05) is 25.0 Å². The molecule has 104 valence electrons. The Hall–Kier alpha value is -1.58. The van der Waals surface area contributed by atoms with Gasteiger partial charge in [-0.25, -0.2) is 0 Å². The topological polar surface area (TPSA) is 45.2 Å². The van der Waals surface area contributed by atoms with E-state index >= 15 is 0 Å². The van der Waals surface area contributed by atoms with Crippen LogP contribution in [-0.4, -0.2) is 35.4 Å². The number of amides is 1. The second kappa shape index (κ2) is 6.04. The zero-order valence-corrected chi connectivity index (χ0v) is 12.0. The van der Waals surface area contributed by atoms with E-state index in [2.05, 4.69) is 24.1 Å². The number of nitrogens with zero attached hydrogens (tertiary/aromatic N) is 2. The predicted molar refractivity (Wildman–Crippen MR) is 77.2 cm³/mol. The number of pyridine rings is 1. The maximum Gasteiger partial charge on any atom is 0.256 e. The van der Waals surface area contributed by atoms with Crippen LogP contribution in [-0.2, 0) is 0 Å². The van der Waals surface area contributed by atoms with E-state index in [0.29, 0.717) is 11.8 Å². The van der Waals surface area contributed by atoms with Crippen molar-refractivity contribution < 1.29 is 4.79 Å². The molecule has 2 heterocycles. The van der Waals surface area contributed by atoms with Crippen molar-refractivity contribution in [3.8, 4) is 0 Å². The van der Waals surface area contributed by atoms with Crippen molar-refractivity contribution in [1.82, 2.24) is 9.88 Å². The molecular formula is C15H23N3O. The molecule has 0 aliphatic carbocycles. The molecule has 1 saturated heterocycles. The molecule has 1 aliphatic heterocycles. The monoisotopic (exact) mass is 261 g/mol. The Bertz CT molecular complexity index is 437. The van der Waals surface area contributed by atoms with Crippen LogP contribution in [0.15, 0.2) is 18.5 Å². The zero-order chi connectivity index (χ0) is 13.8. The molecule has 1 fully saturated rings. The second-order valence-corrected chi connectivity index (χ2v) is 5.61. The third-order valence-electron chi connectivity index (χ3n) is 3.57. The molecule has 1 amide bonds. The van der Waals surface area contributed by atoms with E-state index < -0.39 is 0 Å². The van der Waals surface area contributed by atoms with Gasteiger partial charge in [0.2, 0.25) is 0 Å². The summed E-state index contributed by atoms with van der Waals surface area (Å²) in [4.78, 5) is 18.7. The first-order valence-electron chi connectivity index (χ1n) is 7.09. The van der Waals surface area contributed by atoms with Crippen LogP contribution in [0.2, 0.25) is 0 Å². The predicted octanol–water partition coefficient (Wildman–Crippen LogP) is 2.63. The lowest BCUT2D eigenvalue weighted by Crippen LogP contribution is -2.42. The van der Waals surface area contributed by atoms with Crippen molar-refractivity contribution in [2.45, 2.75) is 27.2 Å². The van der Waals surface area contributed by atoms with Gasteiger partial charge in [-0.15, -0.1) is 0 Å². The number of piperidine rings is 1. The molecule has 1 aromatic heterocycles.